The zero-order valence-electron chi connectivity index (χ0n) is 26.5. The van der Waals surface area contributed by atoms with Crippen LogP contribution in [0, 0.1) is 22.7 Å². The molecule has 0 spiro atoms. The first kappa shape index (κ1) is 27.8. The Hall–Kier alpha value is -7.28. The minimum Gasteiger partial charge on any atom is -0.309 e. The Morgan fingerprint density at radius 3 is 1.78 bits per heavy atom. The van der Waals surface area contributed by atoms with Gasteiger partial charge >= 0.3 is 0 Å². The van der Waals surface area contributed by atoms with E-state index in [4.69, 9.17) is 4.98 Å². The molecule has 0 unspecified atom stereocenters. The predicted molar refractivity (Wildman–Crippen MR) is 201 cm³/mol. The zero-order valence-corrected chi connectivity index (χ0v) is 26.5. The third-order valence-corrected chi connectivity index (χ3v) is 9.84. The van der Waals surface area contributed by atoms with E-state index in [2.05, 4.69) is 99.1 Å². The molecule has 10 aromatic rings. The van der Waals surface area contributed by atoms with Crippen LogP contribution in [0.3, 0.4) is 0 Å². The summed E-state index contributed by atoms with van der Waals surface area (Å²) in [5, 5.41) is 28.5. The lowest BCUT2D eigenvalue weighted by Crippen LogP contribution is -1.98. The van der Waals surface area contributed by atoms with Gasteiger partial charge in [-0.25, -0.2) is 4.98 Å². The Labute approximate surface area is 285 Å². The van der Waals surface area contributed by atoms with Crippen LogP contribution in [-0.4, -0.2) is 19.1 Å². The summed E-state index contributed by atoms with van der Waals surface area (Å²) in [4.78, 5) is 9.29. The summed E-state index contributed by atoms with van der Waals surface area (Å²) in [6, 6.07) is 50.2. The van der Waals surface area contributed by atoms with Crippen LogP contribution in [0.5, 0.6) is 0 Å². The van der Waals surface area contributed by atoms with Crippen molar-refractivity contribution in [2.45, 2.75) is 0 Å². The Bertz CT molecular complexity index is 3120. The van der Waals surface area contributed by atoms with E-state index in [1.54, 1.807) is 12.4 Å². The summed E-state index contributed by atoms with van der Waals surface area (Å²) in [5.74, 6) is 0.788. The second-order valence-electron chi connectivity index (χ2n) is 12.5. The van der Waals surface area contributed by atoms with E-state index in [0.29, 0.717) is 11.1 Å². The molecule has 0 bridgehead atoms. The maximum Gasteiger partial charge on any atom is 0.138 e. The van der Waals surface area contributed by atoms with Gasteiger partial charge in [-0.3, -0.25) is 9.55 Å². The largest absolute Gasteiger partial charge is 0.309 e. The number of fused-ring (bicyclic) bond motifs is 10. The first-order valence-corrected chi connectivity index (χ1v) is 16.4. The molecule has 6 heteroatoms. The molecule has 6 aromatic carbocycles. The fourth-order valence-electron chi connectivity index (χ4n) is 7.65. The van der Waals surface area contributed by atoms with Crippen molar-refractivity contribution >= 4 is 65.2 Å². The van der Waals surface area contributed by atoms with Gasteiger partial charge in [0.2, 0.25) is 0 Å². The zero-order chi connectivity index (χ0) is 33.3. The molecule has 50 heavy (non-hydrogen) atoms. The highest BCUT2D eigenvalue weighted by atomic mass is 15.1. The van der Waals surface area contributed by atoms with Gasteiger partial charge in [0, 0.05) is 45.2 Å². The molecular weight excluding hydrogens is 613 g/mol. The van der Waals surface area contributed by atoms with E-state index in [-0.39, 0.29) is 0 Å². The molecule has 0 N–H and O–H groups in total. The average molecular weight is 637 g/mol. The van der Waals surface area contributed by atoms with Crippen LogP contribution in [-0.2, 0) is 0 Å². The van der Waals surface area contributed by atoms with Gasteiger partial charge in [0.25, 0.3) is 0 Å². The summed E-state index contributed by atoms with van der Waals surface area (Å²) in [6.07, 6.45) is 3.55. The van der Waals surface area contributed by atoms with Crippen molar-refractivity contribution in [3.05, 3.63) is 157 Å². The molecule has 0 radical (unpaired) electrons. The van der Waals surface area contributed by atoms with Crippen molar-refractivity contribution in [2.75, 3.05) is 0 Å². The molecule has 0 saturated heterocycles. The summed E-state index contributed by atoms with van der Waals surface area (Å²) in [6.45, 7) is 0. The third-order valence-electron chi connectivity index (χ3n) is 9.84. The monoisotopic (exact) mass is 636 g/mol. The van der Waals surface area contributed by atoms with Gasteiger partial charge in [-0.05, 0) is 106 Å². The summed E-state index contributed by atoms with van der Waals surface area (Å²) < 4.78 is 4.49. The molecule has 0 aliphatic rings. The number of aromatic nitrogens is 4. The number of rotatable bonds is 3. The van der Waals surface area contributed by atoms with E-state index in [0.717, 1.165) is 77.1 Å². The molecule has 0 fully saturated rings. The van der Waals surface area contributed by atoms with Crippen LogP contribution in [0.25, 0.3) is 87.9 Å². The highest BCUT2D eigenvalue weighted by Crippen LogP contribution is 2.43. The molecule has 0 aliphatic carbocycles. The van der Waals surface area contributed by atoms with Crippen molar-refractivity contribution in [3.8, 4) is 34.9 Å². The lowest BCUT2D eigenvalue weighted by atomic mass is 9.98. The van der Waals surface area contributed by atoms with Gasteiger partial charge in [-0.15, -0.1) is 0 Å². The van der Waals surface area contributed by atoms with Crippen molar-refractivity contribution in [1.29, 1.82) is 10.5 Å². The molecule has 0 atom stereocenters. The fraction of sp³-hybridized carbons (Fsp3) is 0. The minimum atomic E-state index is 0.597. The molecule has 6 nitrogen and oxygen atoms in total. The van der Waals surface area contributed by atoms with E-state index < -0.39 is 0 Å². The Morgan fingerprint density at radius 2 is 1.10 bits per heavy atom. The predicted octanol–water partition coefficient (Wildman–Crippen LogP) is 10.4. The van der Waals surface area contributed by atoms with Gasteiger partial charge in [-0.2, -0.15) is 10.5 Å². The molecular formula is C44H24N6. The number of hydrogen-bond acceptors (Lipinski definition) is 4. The van der Waals surface area contributed by atoms with E-state index in [1.165, 1.54) is 10.8 Å². The van der Waals surface area contributed by atoms with Crippen LogP contribution in [0.2, 0.25) is 0 Å². The minimum absolute atomic E-state index is 0.597. The molecule has 4 heterocycles. The lowest BCUT2D eigenvalue weighted by Gasteiger charge is -2.11. The number of nitrogens with zero attached hydrogens (tertiary/aromatic N) is 6. The van der Waals surface area contributed by atoms with Crippen LogP contribution in [0.1, 0.15) is 11.1 Å². The van der Waals surface area contributed by atoms with Crippen molar-refractivity contribution in [3.63, 3.8) is 0 Å². The Balaban J connectivity index is 1.31. The molecule has 4 aromatic heterocycles. The second-order valence-corrected chi connectivity index (χ2v) is 12.5. The van der Waals surface area contributed by atoms with E-state index >= 15 is 0 Å². The number of nitriles is 2. The highest BCUT2D eigenvalue weighted by Gasteiger charge is 2.21. The van der Waals surface area contributed by atoms with Gasteiger partial charge in [-0.1, -0.05) is 48.5 Å². The van der Waals surface area contributed by atoms with Crippen molar-refractivity contribution < 1.29 is 0 Å². The molecule has 230 valence electrons. The number of benzene rings is 6. The van der Waals surface area contributed by atoms with Gasteiger partial charge in [0.1, 0.15) is 5.82 Å². The highest BCUT2D eigenvalue weighted by molar-refractivity contribution is 6.29. The quantitative estimate of drug-likeness (QED) is 0.193. The summed E-state index contributed by atoms with van der Waals surface area (Å²) in [7, 11) is 0. The molecule has 10 rings (SSSR count). The first-order valence-electron chi connectivity index (χ1n) is 16.4. The molecule has 0 saturated carbocycles. The summed E-state index contributed by atoms with van der Waals surface area (Å²) >= 11 is 0. The standard InChI is InChI=1S/C44H24N6/c45-25-27-8-14-38-35(22-27)43-33-13-17-41-44(34(33)12-16-40(43)49(38)32-11-10-29-4-1-2-5-31(29)24-32)36-23-28(26-46)9-15-39(36)50(41)42-7-3-6-37(48-42)30-18-20-47-21-19-30/h1-24H. The Kier molecular flexibility index (Phi) is 5.90. The number of hydrogen-bond donors (Lipinski definition) is 0. The first-order chi connectivity index (χ1) is 24.7. The topological polar surface area (TPSA) is 83.2 Å². The summed E-state index contributed by atoms with van der Waals surface area (Å²) in [5.41, 5.74) is 8.17. The van der Waals surface area contributed by atoms with Crippen LogP contribution in [0.4, 0.5) is 0 Å². The molecule has 0 amide bonds. The maximum atomic E-state index is 9.95. The van der Waals surface area contributed by atoms with Crippen LogP contribution < -0.4 is 0 Å². The molecule has 0 aliphatic heterocycles. The fourth-order valence-corrected chi connectivity index (χ4v) is 7.65. The Morgan fingerprint density at radius 1 is 0.480 bits per heavy atom. The van der Waals surface area contributed by atoms with Crippen LogP contribution >= 0.6 is 0 Å². The van der Waals surface area contributed by atoms with Gasteiger partial charge in [0.05, 0.1) is 51.0 Å². The third kappa shape index (κ3) is 4.00. The maximum absolute atomic E-state index is 9.95. The van der Waals surface area contributed by atoms with Crippen LogP contribution in [0.15, 0.2) is 146 Å². The van der Waals surface area contributed by atoms with Gasteiger partial charge in [0.15, 0.2) is 0 Å². The van der Waals surface area contributed by atoms with Crippen molar-refractivity contribution in [2.24, 2.45) is 0 Å². The second kappa shape index (κ2) is 10.6. The van der Waals surface area contributed by atoms with E-state index in [1.807, 2.05) is 60.7 Å². The number of pyridine rings is 2. The average Bonchev–Trinajstić information content (AvgIpc) is 3.70. The van der Waals surface area contributed by atoms with Crippen molar-refractivity contribution in [1.82, 2.24) is 19.1 Å². The van der Waals surface area contributed by atoms with Gasteiger partial charge < -0.3 is 4.57 Å². The SMILES string of the molecule is N#Cc1ccc2c(c1)c1c3ccc4c(c3ccc1n2-c1ccc2ccccc2c1)c1cc(C#N)ccc1n4-c1cccc(-c2ccncc2)n1. The normalized spacial score (nSPS) is 11.6. The van der Waals surface area contributed by atoms with E-state index in [9.17, 15) is 10.5 Å². The smallest absolute Gasteiger partial charge is 0.138 e. The lowest BCUT2D eigenvalue weighted by molar-refractivity contribution is 1.08.